The molecule has 1 aliphatic carbocycles. The Balaban J connectivity index is 2.43. The van der Waals surface area contributed by atoms with Gasteiger partial charge in [-0.2, -0.15) is 0 Å². The van der Waals surface area contributed by atoms with Gasteiger partial charge in [0.05, 0.1) is 19.1 Å². The summed E-state index contributed by atoms with van der Waals surface area (Å²) in [5.74, 6) is 0.955. The second-order valence-corrected chi connectivity index (χ2v) is 9.13. The molecule has 0 heterocycles. The SMILES string of the molecule is COc1ccc(CC2(S(N)(=O)=O)C=CC(S(N)(=O)=O)=CC2)cc1OC. The van der Waals surface area contributed by atoms with Crippen LogP contribution in [0.4, 0.5) is 0 Å². The first kappa shape index (κ1) is 19.4. The second kappa shape index (κ2) is 6.79. The maximum Gasteiger partial charge on any atom is 0.237 e. The molecule has 4 N–H and O–H groups in total. The number of allylic oxidation sites excluding steroid dienone is 2. The topological polar surface area (TPSA) is 139 Å². The summed E-state index contributed by atoms with van der Waals surface area (Å²) >= 11 is 0. The van der Waals surface area contributed by atoms with Gasteiger partial charge in [-0.25, -0.2) is 27.1 Å². The molecule has 0 aliphatic heterocycles. The smallest absolute Gasteiger partial charge is 0.237 e. The van der Waals surface area contributed by atoms with Crippen LogP contribution in [0.2, 0.25) is 0 Å². The molecule has 0 aromatic heterocycles. The maximum atomic E-state index is 12.2. The van der Waals surface area contributed by atoms with E-state index in [0.29, 0.717) is 17.1 Å². The summed E-state index contributed by atoms with van der Waals surface area (Å²) in [7, 11) is -4.98. The van der Waals surface area contributed by atoms with E-state index >= 15 is 0 Å². The van der Waals surface area contributed by atoms with E-state index in [1.807, 2.05) is 0 Å². The van der Waals surface area contributed by atoms with Crippen molar-refractivity contribution in [2.24, 2.45) is 10.3 Å². The first-order valence-electron chi connectivity index (χ1n) is 7.18. The highest BCUT2D eigenvalue weighted by Crippen LogP contribution is 2.35. The summed E-state index contributed by atoms with van der Waals surface area (Å²) in [6, 6.07) is 5.00. The molecule has 1 atom stereocenters. The number of methoxy groups -OCH3 is 2. The van der Waals surface area contributed by atoms with Gasteiger partial charge in [0.2, 0.25) is 20.0 Å². The average Bonchev–Trinajstić information content (AvgIpc) is 2.53. The summed E-state index contributed by atoms with van der Waals surface area (Å²) < 4.78 is 56.1. The molecule has 1 unspecified atom stereocenters. The lowest BCUT2D eigenvalue weighted by Crippen LogP contribution is -2.44. The van der Waals surface area contributed by atoms with E-state index in [9.17, 15) is 16.8 Å². The zero-order valence-electron chi connectivity index (χ0n) is 13.8. The molecule has 2 rings (SSSR count). The maximum absolute atomic E-state index is 12.2. The van der Waals surface area contributed by atoms with Crippen molar-refractivity contribution in [1.29, 1.82) is 0 Å². The van der Waals surface area contributed by atoms with E-state index in [4.69, 9.17) is 19.8 Å². The quantitative estimate of drug-likeness (QED) is 0.723. The molecular weight excluding hydrogens is 368 g/mol. The van der Waals surface area contributed by atoms with Crippen molar-refractivity contribution in [3.05, 3.63) is 46.9 Å². The molecular formula is C15H20N2O6S2. The summed E-state index contributed by atoms with van der Waals surface area (Å²) in [5.41, 5.74) is 0.642. The van der Waals surface area contributed by atoms with Crippen LogP contribution in [0.5, 0.6) is 11.5 Å². The number of hydrogen-bond donors (Lipinski definition) is 2. The minimum absolute atomic E-state index is 0.0388. The van der Waals surface area contributed by atoms with Gasteiger partial charge in [0.1, 0.15) is 4.75 Å². The van der Waals surface area contributed by atoms with Crippen molar-refractivity contribution in [2.45, 2.75) is 17.6 Å². The predicted molar refractivity (Wildman–Crippen MR) is 94.0 cm³/mol. The van der Waals surface area contributed by atoms with Crippen LogP contribution in [0.15, 0.2) is 41.3 Å². The van der Waals surface area contributed by atoms with Gasteiger partial charge in [0.25, 0.3) is 0 Å². The zero-order valence-corrected chi connectivity index (χ0v) is 15.4. The third-order valence-electron chi connectivity index (χ3n) is 4.05. The van der Waals surface area contributed by atoms with E-state index in [-0.39, 0.29) is 17.7 Å². The lowest BCUT2D eigenvalue weighted by atomic mass is 9.92. The van der Waals surface area contributed by atoms with Gasteiger partial charge in [0.15, 0.2) is 11.5 Å². The third-order valence-corrected chi connectivity index (χ3v) is 6.59. The summed E-state index contributed by atoms with van der Waals surface area (Å²) in [6.45, 7) is 0. The van der Waals surface area contributed by atoms with Gasteiger partial charge >= 0.3 is 0 Å². The molecule has 0 saturated carbocycles. The van der Waals surface area contributed by atoms with Crippen LogP contribution >= 0.6 is 0 Å². The fraction of sp³-hybridized carbons (Fsp3) is 0.333. The fourth-order valence-corrected chi connectivity index (χ4v) is 4.15. The summed E-state index contributed by atoms with van der Waals surface area (Å²) in [5, 5.41) is 10.5. The highest BCUT2D eigenvalue weighted by molar-refractivity contribution is 7.93. The molecule has 10 heteroatoms. The summed E-state index contributed by atoms with van der Waals surface area (Å²) in [4.78, 5) is -0.140. The standard InChI is InChI=1S/C15H20N2O6S2/c1-22-13-4-3-11(9-14(13)23-2)10-15(25(17,20)21)7-5-12(6-8-15)24(16,18)19/h3-7,9H,8,10H2,1-2H3,(H2,16,18,19)(H2,17,20,21). The van der Waals surface area contributed by atoms with E-state index in [2.05, 4.69) is 0 Å². The summed E-state index contributed by atoms with van der Waals surface area (Å²) in [6.07, 6.45) is 3.64. The van der Waals surface area contributed by atoms with Gasteiger partial charge in [-0.3, -0.25) is 0 Å². The van der Waals surface area contributed by atoms with Gasteiger partial charge in [-0.1, -0.05) is 18.2 Å². The molecule has 0 spiro atoms. The molecule has 138 valence electrons. The Labute approximate surface area is 147 Å². The van der Waals surface area contributed by atoms with Crippen LogP contribution in [0.3, 0.4) is 0 Å². The molecule has 0 bridgehead atoms. The van der Waals surface area contributed by atoms with Crippen LogP contribution < -0.4 is 19.8 Å². The molecule has 1 aliphatic rings. The Morgan fingerprint density at radius 1 is 1.08 bits per heavy atom. The minimum Gasteiger partial charge on any atom is -0.493 e. The van der Waals surface area contributed by atoms with E-state index in [1.54, 1.807) is 18.2 Å². The van der Waals surface area contributed by atoms with Crippen LogP contribution in [-0.4, -0.2) is 35.8 Å². The highest BCUT2D eigenvalue weighted by atomic mass is 32.2. The fourth-order valence-electron chi connectivity index (χ4n) is 2.63. The van der Waals surface area contributed by atoms with E-state index < -0.39 is 24.8 Å². The Morgan fingerprint density at radius 2 is 1.72 bits per heavy atom. The van der Waals surface area contributed by atoms with E-state index in [1.165, 1.54) is 32.4 Å². The number of hydrogen-bond acceptors (Lipinski definition) is 6. The Bertz CT molecular complexity index is 935. The Hall–Kier alpha value is -1.88. The number of ether oxygens (including phenoxy) is 2. The number of nitrogens with two attached hydrogens (primary N) is 2. The molecule has 25 heavy (non-hydrogen) atoms. The number of benzene rings is 1. The van der Waals surface area contributed by atoms with Gasteiger partial charge < -0.3 is 9.47 Å². The molecule has 1 aromatic carbocycles. The normalized spacial score (nSPS) is 20.9. The van der Waals surface area contributed by atoms with Crippen LogP contribution in [0.1, 0.15) is 12.0 Å². The van der Waals surface area contributed by atoms with Gasteiger partial charge in [-0.15, -0.1) is 0 Å². The lowest BCUT2D eigenvalue weighted by Gasteiger charge is -2.30. The van der Waals surface area contributed by atoms with Crippen molar-refractivity contribution in [3.8, 4) is 11.5 Å². The van der Waals surface area contributed by atoms with Gasteiger partial charge in [0, 0.05) is 0 Å². The monoisotopic (exact) mass is 388 g/mol. The third kappa shape index (κ3) is 4.03. The number of primary sulfonamides is 2. The first-order valence-corrected chi connectivity index (χ1v) is 10.3. The van der Waals surface area contributed by atoms with Gasteiger partial charge in [-0.05, 0) is 36.6 Å². The van der Waals surface area contributed by atoms with Crippen LogP contribution in [-0.2, 0) is 26.5 Å². The Morgan fingerprint density at radius 3 is 2.16 bits per heavy atom. The van der Waals surface area contributed by atoms with Crippen molar-refractivity contribution < 1.29 is 26.3 Å². The van der Waals surface area contributed by atoms with Crippen LogP contribution in [0.25, 0.3) is 0 Å². The van der Waals surface area contributed by atoms with Crippen molar-refractivity contribution >= 4 is 20.0 Å². The minimum atomic E-state index is -4.03. The predicted octanol–water partition coefficient (Wildman–Crippen LogP) is 0.406. The molecule has 1 aromatic rings. The van der Waals surface area contributed by atoms with E-state index in [0.717, 1.165) is 0 Å². The second-order valence-electron chi connectivity index (χ2n) is 5.66. The number of rotatable bonds is 6. The highest BCUT2D eigenvalue weighted by Gasteiger charge is 2.40. The molecule has 8 nitrogen and oxygen atoms in total. The largest absolute Gasteiger partial charge is 0.493 e. The molecule has 0 amide bonds. The van der Waals surface area contributed by atoms with Crippen molar-refractivity contribution in [1.82, 2.24) is 0 Å². The average molecular weight is 388 g/mol. The van der Waals surface area contributed by atoms with Crippen molar-refractivity contribution in [3.63, 3.8) is 0 Å². The molecule has 0 radical (unpaired) electrons. The number of sulfonamides is 2. The lowest BCUT2D eigenvalue weighted by molar-refractivity contribution is 0.354. The zero-order chi connectivity index (χ0) is 18.9. The van der Waals surface area contributed by atoms with Crippen molar-refractivity contribution in [2.75, 3.05) is 14.2 Å². The molecule has 0 saturated heterocycles. The molecule has 0 fully saturated rings. The Kier molecular flexibility index (Phi) is 5.28. The van der Waals surface area contributed by atoms with Crippen LogP contribution in [0, 0.1) is 0 Å². The first-order chi connectivity index (χ1) is 11.5.